The maximum absolute atomic E-state index is 14.9. The lowest BCUT2D eigenvalue weighted by Gasteiger charge is -2.36. The van der Waals surface area contributed by atoms with Crippen molar-refractivity contribution in [2.24, 2.45) is 11.8 Å². The number of sulfonamides is 1. The Morgan fingerprint density at radius 2 is 1.80 bits per heavy atom. The molecule has 2 aromatic rings. The molecule has 1 spiro atoms. The molecule has 302 valence electrons. The van der Waals surface area contributed by atoms with E-state index in [4.69, 9.17) is 19.2 Å². The molecule has 0 aromatic carbocycles. The highest BCUT2D eigenvalue weighted by molar-refractivity contribution is 7.91. The summed E-state index contributed by atoms with van der Waals surface area (Å²) >= 11 is 0. The van der Waals surface area contributed by atoms with Gasteiger partial charge in [-0.05, 0) is 97.0 Å². The molecule has 14 nitrogen and oxygen atoms in total. The molecule has 1 saturated heterocycles. The smallest absolute Gasteiger partial charge is 0.306 e. The van der Waals surface area contributed by atoms with Crippen molar-refractivity contribution in [3.63, 3.8) is 0 Å². The number of hydrogen-bond acceptors (Lipinski definition) is 11. The van der Waals surface area contributed by atoms with E-state index in [0.717, 1.165) is 50.5 Å². The Kier molecular flexibility index (Phi) is 10.1. The normalized spacial score (nSPS) is 30.8. The number of fused-ring (bicyclic) bond motifs is 5. The number of nitrogens with zero attached hydrogens (tertiary/aromatic N) is 3. The summed E-state index contributed by atoms with van der Waals surface area (Å²) in [5.41, 5.74) is 0.422. The van der Waals surface area contributed by atoms with Crippen LogP contribution in [0.1, 0.15) is 114 Å². The predicted octanol–water partition coefficient (Wildman–Crippen LogP) is 4.50. The zero-order valence-electron chi connectivity index (χ0n) is 32.6. The third kappa shape index (κ3) is 7.24. The number of carbonyl (C=O) groups is 4. The largest absolute Gasteiger partial charge is 0.483 e. The van der Waals surface area contributed by atoms with Gasteiger partial charge in [0.15, 0.2) is 0 Å². The molecule has 0 bridgehead atoms. The van der Waals surface area contributed by atoms with Gasteiger partial charge in [0.1, 0.15) is 29.0 Å². The van der Waals surface area contributed by atoms with Crippen LogP contribution in [-0.4, -0.2) is 88.7 Å². The Balaban J connectivity index is 1.12. The molecule has 8 rings (SSSR count). The minimum Gasteiger partial charge on any atom is -0.483 e. The molecule has 2 aromatic heterocycles. The fourth-order valence-corrected chi connectivity index (χ4v) is 10.5. The number of aromatic nitrogens is 2. The van der Waals surface area contributed by atoms with E-state index in [9.17, 15) is 27.6 Å². The Labute approximate surface area is 327 Å². The minimum atomic E-state index is -3.98. The third-order valence-electron chi connectivity index (χ3n) is 13.1. The molecule has 15 heteroatoms. The lowest BCUT2D eigenvalue weighted by Crippen LogP contribution is -2.57. The number of amides is 3. The molecular formula is C41H53N5O9S. The van der Waals surface area contributed by atoms with Crippen molar-refractivity contribution in [3.8, 4) is 11.6 Å². The zero-order valence-corrected chi connectivity index (χ0v) is 33.4. The van der Waals surface area contributed by atoms with Crippen LogP contribution in [-0.2, 0) is 40.4 Å². The van der Waals surface area contributed by atoms with Gasteiger partial charge in [-0.1, -0.05) is 25.0 Å². The van der Waals surface area contributed by atoms with Crippen LogP contribution in [0.3, 0.4) is 0 Å². The number of methoxy groups -OCH3 is 1. The highest BCUT2D eigenvalue weighted by atomic mass is 32.2. The van der Waals surface area contributed by atoms with E-state index >= 15 is 0 Å². The number of ether oxygens (including phenoxy) is 3. The van der Waals surface area contributed by atoms with Crippen molar-refractivity contribution in [2.45, 2.75) is 145 Å². The fraction of sp³-hybridized carbons (Fsp3) is 0.659. The minimum absolute atomic E-state index is 0.0792. The number of pyridine rings is 2. The average Bonchev–Trinajstić information content (AvgIpc) is 3.96. The van der Waals surface area contributed by atoms with Crippen LogP contribution in [0.15, 0.2) is 24.3 Å². The SMILES string of the molecule is COc1ccc2nc(C)c3c(c2n1)CC[C@]1(C[C@H]2C(=O)N[C@]4(C(=O)NS(=O)(=O)C5(C)CC5)C[C@H]4/C=C\CCCCC[C@H](CC(=O)OC4CCCC4)C(=O)N2C1)O3. The van der Waals surface area contributed by atoms with E-state index in [-0.39, 0.29) is 37.8 Å². The van der Waals surface area contributed by atoms with Crippen LogP contribution in [0, 0.1) is 18.8 Å². The van der Waals surface area contributed by atoms with Gasteiger partial charge in [0, 0.05) is 29.9 Å². The van der Waals surface area contributed by atoms with E-state index in [1.54, 1.807) is 25.0 Å². The standard InChI is InChI=1S/C41H53N5O9S/c1-25-35-29(34-30(42-25)15-16-32(43-34)53-3)17-18-40(55-35)23-31-36(48)44-41(38(50)45-56(51,52)39(2)19-20-39)22-27(41)12-8-6-4-5-7-11-26(37(49)46(31)24-40)21-33(47)54-28-13-9-10-14-28/h8,12,15-16,26-28,31H,4-7,9-11,13-14,17-24H2,1-3H3,(H,44,48)(H,45,50)/b12-8-/t26-,27-,31+,40-,41-/m1/s1. The quantitative estimate of drug-likeness (QED) is 0.298. The molecule has 0 radical (unpaired) electrons. The van der Waals surface area contributed by atoms with Crippen molar-refractivity contribution in [1.29, 1.82) is 0 Å². The molecule has 5 atom stereocenters. The summed E-state index contributed by atoms with van der Waals surface area (Å²) in [7, 11) is -2.43. The summed E-state index contributed by atoms with van der Waals surface area (Å²) in [6.45, 7) is 3.55. The Hall–Kier alpha value is -4.27. The number of esters is 1. The molecule has 6 aliphatic rings. The second kappa shape index (κ2) is 14.6. The van der Waals surface area contributed by atoms with Crippen LogP contribution in [0.25, 0.3) is 11.0 Å². The first kappa shape index (κ1) is 38.6. The number of aryl methyl sites for hydroxylation is 2. The molecule has 4 fully saturated rings. The van der Waals surface area contributed by atoms with Gasteiger partial charge in [-0.25, -0.2) is 18.4 Å². The van der Waals surface area contributed by atoms with Gasteiger partial charge < -0.3 is 24.4 Å². The molecule has 5 heterocycles. The first-order chi connectivity index (χ1) is 26.8. The van der Waals surface area contributed by atoms with Crippen LogP contribution in [0.4, 0.5) is 0 Å². The summed E-state index contributed by atoms with van der Waals surface area (Å²) in [5.74, 6) is -2.20. The van der Waals surface area contributed by atoms with E-state index in [2.05, 4.69) is 15.0 Å². The zero-order chi connectivity index (χ0) is 39.5. The van der Waals surface area contributed by atoms with Crippen LogP contribution >= 0.6 is 0 Å². The van der Waals surface area contributed by atoms with E-state index in [0.29, 0.717) is 66.9 Å². The topological polar surface area (TPSA) is 183 Å². The summed E-state index contributed by atoms with van der Waals surface area (Å²) in [6.07, 6.45) is 13.1. The maximum atomic E-state index is 14.9. The monoisotopic (exact) mass is 791 g/mol. The van der Waals surface area contributed by atoms with Gasteiger partial charge in [-0.15, -0.1) is 0 Å². The number of carbonyl (C=O) groups excluding carboxylic acids is 4. The van der Waals surface area contributed by atoms with Gasteiger partial charge in [-0.2, -0.15) is 0 Å². The van der Waals surface area contributed by atoms with Crippen molar-refractivity contribution < 1.29 is 41.8 Å². The molecular weight excluding hydrogens is 739 g/mol. The maximum Gasteiger partial charge on any atom is 0.306 e. The molecule has 3 aliphatic heterocycles. The average molecular weight is 792 g/mol. The highest BCUT2D eigenvalue weighted by Gasteiger charge is 2.64. The van der Waals surface area contributed by atoms with E-state index in [1.165, 1.54) is 0 Å². The molecule has 3 saturated carbocycles. The summed E-state index contributed by atoms with van der Waals surface area (Å²) in [5, 5.41) is 2.97. The molecule has 3 amide bonds. The van der Waals surface area contributed by atoms with Gasteiger partial charge >= 0.3 is 5.97 Å². The number of nitrogens with one attached hydrogen (secondary N) is 2. The predicted molar refractivity (Wildman–Crippen MR) is 205 cm³/mol. The van der Waals surface area contributed by atoms with E-state index in [1.807, 2.05) is 25.1 Å². The Bertz CT molecular complexity index is 2080. The van der Waals surface area contributed by atoms with Crippen molar-refractivity contribution in [3.05, 3.63) is 35.5 Å². The fourth-order valence-electron chi connectivity index (χ4n) is 9.22. The van der Waals surface area contributed by atoms with Crippen LogP contribution in [0.2, 0.25) is 0 Å². The number of allylic oxidation sites excluding steroid dienone is 1. The lowest BCUT2D eigenvalue weighted by atomic mass is 9.88. The van der Waals surface area contributed by atoms with Gasteiger partial charge in [0.05, 0.1) is 41.5 Å². The second-order valence-electron chi connectivity index (χ2n) is 17.2. The molecule has 56 heavy (non-hydrogen) atoms. The van der Waals surface area contributed by atoms with Crippen molar-refractivity contribution in [2.75, 3.05) is 13.7 Å². The first-order valence-electron chi connectivity index (χ1n) is 20.3. The van der Waals surface area contributed by atoms with Crippen molar-refractivity contribution in [1.82, 2.24) is 24.9 Å². The van der Waals surface area contributed by atoms with Crippen molar-refractivity contribution >= 4 is 44.7 Å². The summed E-state index contributed by atoms with van der Waals surface area (Å²) < 4.78 is 45.8. The van der Waals surface area contributed by atoms with Gasteiger partial charge in [0.25, 0.3) is 5.91 Å². The third-order valence-corrected chi connectivity index (χ3v) is 15.3. The van der Waals surface area contributed by atoms with Gasteiger partial charge in [0.2, 0.25) is 27.7 Å². The Morgan fingerprint density at radius 1 is 1.04 bits per heavy atom. The lowest BCUT2D eigenvalue weighted by molar-refractivity contribution is -0.154. The van der Waals surface area contributed by atoms with Crippen LogP contribution in [0.5, 0.6) is 11.6 Å². The highest BCUT2D eigenvalue weighted by Crippen LogP contribution is 2.49. The number of hydrogen-bond donors (Lipinski definition) is 2. The first-order valence-corrected chi connectivity index (χ1v) is 21.8. The van der Waals surface area contributed by atoms with Gasteiger partial charge in [-0.3, -0.25) is 23.9 Å². The Morgan fingerprint density at radius 3 is 2.55 bits per heavy atom. The summed E-state index contributed by atoms with van der Waals surface area (Å²) in [6, 6.07) is 2.56. The second-order valence-corrected chi connectivity index (χ2v) is 19.4. The molecule has 3 aliphatic carbocycles. The number of rotatable bonds is 7. The van der Waals surface area contributed by atoms with Crippen LogP contribution < -0.4 is 19.5 Å². The molecule has 0 unspecified atom stereocenters. The van der Waals surface area contributed by atoms with E-state index < -0.39 is 61.6 Å². The summed E-state index contributed by atoms with van der Waals surface area (Å²) in [4.78, 5) is 67.9. The molecule has 2 N–H and O–H groups in total.